The van der Waals surface area contributed by atoms with Gasteiger partial charge in [-0.05, 0) is 63.1 Å². The highest BCUT2D eigenvalue weighted by molar-refractivity contribution is 7.20. The van der Waals surface area contributed by atoms with Crippen LogP contribution >= 0.6 is 11.3 Å². The average molecular weight is 520 g/mol. The van der Waals surface area contributed by atoms with Crippen molar-refractivity contribution < 1.29 is 9.18 Å². The molecule has 2 aromatic carbocycles. The highest BCUT2D eigenvalue weighted by atomic mass is 32.1. The Morgan fingerprint density at radius 2 is 1.92 bits per heavy atom. The van der Waals surface area contributed by atoms with Gasteiger partial charge < -0.3 is 20.5 Å². The molecular formula is C27H30FN7OS. The number of anilines is 2. The minimum Gasteiger partial charge on any atom is -0.364 e. The number of aromatic amines is 1. The summed E-state index contributed by atoms with van der Waals surface area (Å²) in [5.41, 5.74) is 3.54. The molecule has 0 atom stereocenters. The number of H-pyrrole nitrogens is 1. The third kappa shape index (κ3) is 5.43. The Morgan fingerprint density at radius 3 is 2.68 bits per heavy atom. The normalized spacial score (nSPS) is 11.8. The van der Waals surface area contributed by atoms with E-state index in [-0.39, 0.29) is 23.8 Å². The second-order valence-corrected chi connectivity index (χ2v) is 11.0. The van der Waals surface area contributed by atoms with Crippen molar-refractivity contribution in [1.29, 1.82) is 0 Å². The van der Waals surface area contributed by atoms with E-state index in [9.17, 15) is 9.18 Å². The molecule has 8 nitrogen and oxygen atoms in total. The largest absolute Gasteiger partial charge is 0.364 e. The van der Waals surface area contributed by atoms with Gasteiger partial charge >= 0.3 is 0 Å². The van der Waals surface area contributed by atoms with Crippen LogP contribution in [0, 0.1) is 5.82 Å². The zero-order valence-corrected chi connectivity index (χ0v) is 22.1. The molecule has 0 aliphatic rings. The number of amides is 1. The molecule has 37 heavy (non-hydrogen) atoms. The van der Waals surface area contributed by atoms with Gasteiger partial charge in [0, 0.05) is 41.8 Å². The van der Waals surface area contributed by atoms with Gasteiger partial charge in [0.1, 0.15) is 11.5 Å². The van der Waals surface area contributed by atoms with Gasteiger partial charge in [-0.3, -0.25) is 4.79 Å². The van der Waals surface area contributed by atoms with Crippen molar-refractivity contribution >= 4 is 44.1 Å². The van der Waals surface area contributed by atoms with Crippen LogP contribution < -0.4 is 15.5 Å². The molecule has 0 saturated carbocycles. The summed E-state index contributed by atoms with van der Waals surface area (Å²) >= 11 is 1.40. The Kier molecular flexibility index (Phi) is 6.59. The van der Waals surface area contributed by atoms with E-state index in [4.69, 9.17) is 10.1 Å². The fourth-order valence-electron chi connectivity index (χ4n) is 4.18. The number of nitrogens with one attached hydrogen (secondary N) is 3. The highest BCUT2D eigenvalue weighted by Gasteiger charge is 2.23. The standard InChI is InChI=1S/C27H30FN7OS/c1-27(2,3)32-24-23(17-9-11-19(28)12-10-17)31-25-35(24)33-26(37-25)34(4)16-22(36)29-14-13-18-15-30-21-8-6-5-7-20(18)21/h5-12,15,30,32H,13-14,16H2,1-4H3,(H,29,36). The maximum Gasteiger partial charge on any atom is 0.239 e. The topological polar surface area (TPSA) is 90.4 Å². The number of hydrogen-bond donors (Lipinski definition) is 3. The monoisotopic (exact) mass is 519 g/mol. The van der Waals surface area contributed by atoms with Crippen LogP contribution in [-0.4, -0.2) is 51.2 Å². The van der Waals surface area contributed by atoms with Crippen LogP contribution in [0.2, 0.25) is 0 Å². The number of carbonyl (C=O) groups excluding carboxylic acids is 1. The molecular weight excluding hydrogens is 489 g/mol. The molecule has 192 valence electrons. The Morgan fingerprint density at radius 1 is 1.16 bits per heavy atom. The fraction of sp³-hybridized carbons (Fsp3) is 0.296. The van der Waals surface area contributed by atoms with Crippen LogP contribution in [0.4, 0.5) is 15.3 Å². The summed E-state index contributed by atoms with van der Waals surface area (Å²) in [7, 11) is 1.84. The maximum atomic E-state index is 13.5. The van der Waals surface area contributed by atoms with Gasteiger partial charge in [-0.15, -0.1) is 5.10 Å². The Balaban J connectivity index is 1.28. The molecule has 3 heterocycles. The first kappa shape index (κ1) is 24.8. The van der Waals surface area contributed by atoms with Crippen molar-refractivity contribution in [3.8, 4) is 11.3 Å². The van der Waals surface area contributed by atoms with Crippen molar-refractivity contribution in [1.82, 2.24) is 24.9 Å². The van der Waals surface area contributed by atoms with E-state index in [1.807, 2.05) is 36.3 Å². The quantitative estimate of drug-likeness (QED) is 0.266. The number of rotatable bonds is 8. The molecule has 10 heteroatoms. The van der Waals surface area contributed by atoms with Crippen LogP contribution in [0.25, 0.3) is 27.1 Å². The summed E-state index contributed by atoms with van der Waals surface area (Å²) in [4.78, 5) is 23.2. The lowest BCUT2D eigenvalue weighted by Crippen LogP contribution is -2.36. The first-order chi connectivity index (χ1) is 17.7. The molecule has 0 bridgehead atoms. The second kappa shape index (κ2) is 9.85. The molecule has 0 spiro atoms. The molecule has 1 amide bonds. The van der Waals surface area contributed by atoms with Crippen LogP contribution in [0.15, 0.2) is 54.7 Å². The zero-order valence-electron chi connectivity index (χ0n) is 21.3. The van der Waals surface area contributed by atoms with Crippen LogP contribution in [0.5, 0.6) is 0 Å². The van der Waals surface area contributed by atoms with E-state index < -0.39 is 0 Å². The number of aromatic nitrogens is 4. The minimum atomic E-state index is -0.295. The number of benzene rings is 2. The lowest BCUT2D eigenvalue weighted by molar-refractivity contribution is -0.119. The van der Waals surface area contributed by atoms with Crippen molar-refractivity contribution in [3.05, 3.63) is 66.1 Å². The van der Waals surface area contributed by atoms with Crippen LogP contribution in [0.3, 0.4) is 0 Å². The highest BCUT2D eigenvalue weighted by Crippen LogP contribution is 2.34. The molecule has 0 unspecified atom stereocenters. The number of carbonyl (C=O) groups is 1. The molecule has 0 saturated heterocycles. The van der Waals surface area contributed by atoms with E-state index in [2.05, 4.69) is 42.5 Å². The van der Waals surface area contributed by atoms with Gasteiger partial charge in [-0.1, -0.05) is 29.5 Å². The molecule has 0 fully saturated rings. The van der Waals surface area contributed by atoms with E-state index in [1.54, 1.807) is 16.6 Å². The minimum absolute atomic E-state index is 0.0739. The summed E-state index contributed by atoms with van der Waals surface area (Å²) < 4.78 is 15.2. The van der Waals surface area contributed by atoms with Gasteiger partial charge in [-0.2, -0.15) is 4.52 Å². The maximum absolute atomic E-state index is 13.5. The predicted octanol–water partition coefficient (Wildman–Crippen LogP) is 5.08. The van der Waals surface area contributed by atoms with Crippen molar-refractivity contribution in [2.75, 3.05) is 30.4 Å². The number of para-hydroxylation sites is 1. The number of hydrogen-bond acceptors (Lipinski definition) is 6. The summed E-state index contributed by atoms with van der Waals surface area (Å²) in [5.74, 6) is 0.361. The number of imidazole rings is 1. The number of halogens is 1. The van der Waals surface area contributed by atoms with Crippen molar-refractivity contribution in [3.63, 3.8) is 0 Å². The zero-order chi connectivity index (χ0) is 26.2. The third-order valence-electron chi connectivity index (χ3n) is 5.90. The fourth-order valence-corrected chi connectivity index (χ4v) is 5.04. The summed E-state index contributed by atoms with van der Waals surface area (Å²) in [5, 5.41) is 13.1. The van der Waals surface area contributed by atoms with Gasteiger partial charge in [0.15, 0.2) is 5.82 Å². The molecule has 0 radical (unpaired) electrons. The second-order valence-electron chi connectivity index (χ2n) is 10.1. The first-order valence-corrected chi connectivity index (χ1v) is 13.0. The molecule has 5 rings (SSSR count). The molecule has 3 N–H and O–H groups in total. The Hall–Kier alpha value is -3.92. The SMILES string of the molecule is CN(CC(=O)NCCc1c[nH]c2ccccc12)c1nn2c(NC(C)(C)C)c(-c3ccc(F)cc3)nc2s1. The molecule has 3 aromatic heterocycles. The van der Waals surface area contributed by atoms with Gasteiger partial charge in [0.2, 0.25) is 16.0 Å². The summed E-state index contributed by atoms with van der Waals surface area (Å²) in [6.45, 7) is 6.90. The molecule has 0 aliphatic heterocycles. The molecule has 5 aromatic rings. The lowest BCUT2D eigenvalue weighted by Gasteiger charge is -2.22. The third-order valence-corrected chi connectivity index (χ3v) is 6.93. The smallest absolute Gasteiger partial charge is 0.239 e. The predicted molar refractivity (Wildman–Crippen MR) is 148 cm³/mol. The first-order valence-electron chi connectivity index (χ1n) is 12.1. The summed E-state index contributed by atoms with van der Waals surface area (Å²) in [6.07, 6.45) is 2.75. The summed E-state index contributed by atoms with van der Waals surface area (Å²) in [6, 6.07) is 14.4. The van der Waals surface area contributed by atoms with E-state index in [0.29, 0.717) is 22.3 Å². The number of nitrogens with zero attached hydrogens (tertiary/aromatic N) is 4. The Labute approximate surface area is 218 Å². The number of likely N-dealkylation sites (N-methyl/N-ethyl adjacent to an activating group) is 1. The average Bonchev–Trinajstić information content (AvgIpc) is 3.53. The van der Waals surface area contributed by atoms with E-state index in [0.717, 1.165) is 23.3 Å². The number of fused-ring (bicyclic) bond motifs is 2. The van der Waals surface area contributed by atoms with E-state index in [1.165, 1.54) is 34.4 Å². The lowest BCUT2D eigenvalue weighted by atomic mass is 10.1. The van der Waals surface area contributed by atoms with Crippen LogP contribution in [-0.2, 0) is 11.2 Å². The van der Waals surface area contributed by atoms with Gasteiger partial charge in [0.05, 0.1) is 6.54 Å². The Bertz CT molecular complexity index is 1540. The van der Waals surface area contributed by atoms with Gasteiger partial charge in [-0.25, -0.2) is 9.37 Å². The van der Waals surface area contributed by atoms with Gasteiger partial charge in [0.25, 0.3) is 0 Å². The van der Waals surface area contributed by atoms with Crippen LogP contribution in [0.1, 0.15) is 26.3 Å². The van der Waals surface area contributed by atoms with E-state index >= 15 is 0 Å². The van der Waals surface area contributed by atoms with Crippen molar-refractivity contribution in [2.24, 2.45) is 0 Å². The molecule has 0 aliphatic carbocycles. The van der Waals surface area contributed by atoms with Crippen molar-refractivity contribution in [2.45, 2.75) is 32.7 Å².